The number of nitrogens with zero attached hydrogens (tertiary/aromatic N) is 2. The predicted octanol–water partition coefficient (Wildman–Crippen LogP) is 2.73. The maximum atomic E-state index is 11.5. The number of aromatic nitrogens is 2. The molecule has 20 heavy (non-hydrogen) atoms. The molecular formula is C14H17N3O2S. The molecule has 2 heterocycles. The first kappa shape index (κ1) is 13.3. The number of pyridine rings is 1. The number of hydrogen-bond donors (Lipinski definition) is 2. The highest BCUT2D eigenvalue weighted by atomic mass is 32.2. The minimum atomic E-state index is -0.960. The van der Waals surface area contributed by atoms with Crippen molar-refractivity contribution in [3.63, 3.8) is 0 Å². The van der Waals surface area contributed by atoms with Crippen LogP contribution in [0.25, 0.3) is 5.65 Å². The third-order valence-corrected chi connectivity index (χ3v) is 5.43. The molecule has 106 valence electrons. The van der Waals surface area contributed by atoms with Gasteiger partial charge in [-0.2, -0.15) is 11.8 Å². The second kappa shape index (κ2) is 5.01. The van der Waals surface area contributed by atoms with Gasteiger partial charge in [0.15, 0.2) is 11.5 Å². The van der Waals surface area contributed by atoms with Crippen molar-refractivity contribution in [1.29, 1.82) is 0 Å². The van der Waals surface area contributed by atoms with E-state index in [1.165, 1.54) is 19.3 Å². The first-order valence-corrected chi connectivity index (χ1v) is 7.87. The molecule has 2 N–H and O–H groups in total. The summed E-state index contributed by atoms with van der Waals surface area (Å²) >= 11 is 1.85. The summed E-state index contributed by atoms with van der Waals surface area (Å²) in [7, 11) is 0. The SMILES string of the molecule is CSC1(CNc2nc3ccccn3c2C(=O)O)CCC1. The van der Waals surface area contributed by atoms with Crippen LogP contribution >= 0.6 is 11.8 Å². The molecule has 0 aromatic carbocycles. The van der Waals surface area contributed by atoms with Gasteiger partial charge in [0.05, 0.1) is 0 Å². The Labute approximate surface area is 121 Å². The number of carbonyl (C=O) groups is 1. The molecule has 6 heteroatoms. The van der Waals surface area contributed by atoms with Crippen LogP contribution in [-0.2, 0) is 0 Å². The van der Waals surface area contributed by atoms with Crippen LogP contribution in [0.15, 0.2) is 24.4 Å². The summed E-state index contributed by atoms with van der Waals surface area (Å²) in [4.78, 5) is 15.9. The fourth-order valence-corrected chi connectivity index (χ4v) is 3.51. The van der Waals surface area contributed by atoms with Gasteiger partial charge < -0.3 is 10.4 Å². The summed E-state index contributed by atoms with van der Waals surface area (Å²) < 4.78 is 1.85. The molecule has 5 nitrogen and oxygen atoms in total. The minimum absolute atomic E-state index is 0.205. The summed E-state index contributed by atoms with van der Waals surface area (Å²) in [5, 5.41) is 12.6. The maximum Gasteiger partial charge on any atom is 0.356 e. The van der Waals surface area contributed by atoms with E-state index in [1.54, 1.807) is 16.7 Å². The zero-order valence-corrected chi connectivity index (χ0v) is 12.1. The summed E-state index contributed by atoms with van der Waals surface area (Å²) in [6, 6.07) is 5.47. The van der Waals surface area contributed by atoms with Crippen molar-refractivity contribution < 1.29 is 9.90 Å². The third kappa shape index (κ3) is 2.14. The van der Waals surface area contributed by atoms with E-state index in [0.717, 1.165) is 6.54 Å². The number of aromatic carboxylic acids is 1. The Morgan fingerprint density at radius 3 is 2.95 bits per heavy atom. The van der Waals surface area contributed by atoms with Gasteiger partial charge in [-0.25, -0.2) is 9.78 Å². The highest BCUT2D eigenvalue weighted by Gasteiger charge is 2.36. The number of rotatable bonds is 5. The van der Waals surface area contributed by atoms with E-state index in [2.05, 4.69) is 16.6 Å². The van der Waals surface area contributed by atoms with E-state index in [9.17, 15) is 9.90 Å². The van der Waals surface area contributed by atoms with Gasteiger partial charge in [0.2, 0.25) is 0 Å². The van der Waals surface area contributed by atoms with Gasteiger partial charge in [0, 0.05) is 17.5 Å². The Kier molecular flexibility index (Phi) is 3.33. The number of carboxylic acid groups (broad SMARTS) is 1. The van der Waals surface area contributed by atoms with E-state index < -0.39 is 5.97 Å². The van der Waals surface area contributed by atoms with Gasteiger partial charge in [0.25, 0.3) is 0 Å². The largest absolute Gasteiger partial charge is 0.476 e. The van der Waals surface area contributed by atoms with Crippen molar-refractivity contribution in [3.8, 4) is 0 Å². The molecule has 0 amide bonds. The van der Waals surface area contributed by atoms with Crippen molar-refractivity contribution in [1.82, 2.24) is 9.38 Å². The zero-order valence-electron chi connectivity index (χ0n) is 11.3. The Balaban J connectivity index is 1.90. The second-order valence-corrected chi connectivity index (χ2v) is 6.41. The summed E-state index contributed by atoms with van der Waals surface area (Å²) in [6.45, 7) is 0.762. The smallest absolute Gasteiger partial charge is 0.356 e. The first-order valence-electron chi connectivity index (χ1n) is 6.65. The van der Waals surface area contributed by atoms with Gasteiger partial charge in [-0.15, -0.1) is 0 Å². The van der Waals surface area contributed by atoms with Crippen LogP contribution in [0.4, 0.5) is 5.82 Å². The van der Waals surface area contributed by atoms with E-state index in [4.69, 9.17) is 0 Å². The maximum absolute atomic E-state index is 11.5. The van der Waals surface area contributed by atoms with Gasteiger partial charge in [0.1, 0.15) is 5.65 Å². The highest BCUT2D eigenvalue weighted by molar-refractivity contribution is 8.00. The van der Waals surface area contributed by atoms with Crippen LogP contribution in [0.3, 0.4) is 0 Å². The van der Waals surface area contributed by atoms with Gasteiger partial charge >= 0.3 is 5.97 Å². The van der Waals surface area contributed by atoms with Crippen molar-refractivity contribution >= 4 is 29.2 Å². The number of hydrogen-bond acceptors (Lipinski definition) is 4. The molecule has 0 radical (unpaired) electrons. The Morgan fingerprint density at radius 2 is 2.35 bits per heavy atom. The quantitative estimate of drug-likeness (QED) is 0.886. The van der Waals surface area contributed by atoms with Crippen LogP contribution in [0.1, 0.15) is 29.8 Å². The lowest BCUT2D eigenvalue weighted by Gasteiger charge is -2.40. The molecule has 0 bridgehead atoms. The first-order chi connectivity index (χ1) is 9.65. The predicted molar refractivity (Wildman–Crippen MR) is 80.7 cm³/mol. The minimum Gasteiger partial charge on any atom is -0.476 e. The number of imidazole rings is 1. The number of thioether (sulfide) groups is 1. The molecule has 1 saturated carbocycles. The molecule has 1 aliphatic carbocycles. The Hall–Kier alpha value is -1.69. The van der Waals surface area contributed by atoms with Gasteiger partial charge in [-0.3, -0.25) is 4.40 Å². The zero-order chi connectivity index (χ0) is 14.2. The third-order valence-electron chi connectivity index (χ3n) is 4.01. The summed E-state index contributed by atoms with van der Waals surface area (Å²) in [5.74, 6) is -0.498. The number of fused-ring (bicyclic) bond motifs is 1. The molecule has 0 atom stereocenters. The average molecular weight is 291 g/mol. The van der Waals surface area contributed by atoms with Gasteiger partial charge in [-0.1, -0.05) is 12.5 Å². The molecule has 0 spiro atoms. The van der Waals surface area contributed by atoms with E-state index in [-0.39, 0.29) is 10.4 Å². The average Bonchev–Trinajstić information content (AvgIpc) is 2.76. The Bertz CT molecular complexity index is 643. The molecule has 0 unspecified atom stereocenters. The topological polar surface area (TPSA) is 66.6 Å². The van der Waals surface area contributed by atoms with E-state index >= 15 is 0 Å². The molecule has 0 saturated heterocycles. The van der Waals surface area contributed by atoms with Crippen molar-refractivity contribution in [2.45, 2.75) is 24.0 Å². The second-order valence-electron chi connectivity index (χ2n) is 5.14. The number of carboxylic acids is 1. The van der Waals surface area contributed by atoms with Crippen molar-refractivity contribution in [2.24, 2.45) is 0 Å². The Morgan fingerprint density at radius 1 is 1.55 bits per heavy atom. The van der Waals surface area contributed by atoms with Crippen LogP contribution in [-0.4, -0.2) is 38.0 Å². The molecule has 1 fully saturated rings. The standard InChI is InChI=1S/C14H17N3O2S/c1-20-14(6-4-7-14)9-15-12-11(13(18)19)17-8-3-2-5-10(17)16-12/h2-3,5,8,15H,4,6-7,9H2,1H3,(H,18,19). The molecule has 0 aliphatic heterocycles. The lowest BCUT2D eigenvalue weighted by molar-refractivity contribution is 0.0690. The van der Waals surface area contributed by atoms with Crippen molar-refractivity contribution in [2.75, 3.05) is 18.1 Å². The van der Waals surface area contributed by atoms with Crippen LogP contribution in [0.2, 0.25) is 0 Å². The summed E-state index contributed by atoms with van der Waals surface area (Å²) in [5.41, 5.74) is 0.857. The lowest BCUT2D eigenvalue weighted by Crippen LogP contribution is -2.40. The van der Waals surface area contributed by atoms with Crippen LogP contribution < -0.4 is 5.32 Å². The number of nitrogens with one attached hydrogen (secondary N) is 1. The van der Waals surface area contributed by atoms with E-state index in [0.29, 0.717) is 11.5 Å². The lowest BCUT2D eigenvalue weighted by atomic mass is 9.84. The van der Waals surface area contributed by atoms with Crippen LogP contribution in [0, 0.1) is 0 Å². The molecule has 2 aromatic heterocycles. The highest BCUT2D eigenvalue weighted by Crippen LogP contribution is 2.42. The molecule has 3 rings (SSSR count). The van der Waals surface area contributed by atoms with E-state index in [1.807, 2.05) is 23.9 Å². The normalized spacial score (nSPS) is 16.9. The molecular weight excluding hydrogens is 274 g/mol. The molecule has 2 aromatic rings. The fraction of sp³-hybridized carbons (Fsp3) is 0.429. The number of anilines is 1. The van der Waals surface area contributed by atoms with Crippen molar-refractivity contribution in [3.05, 3.63) is 30.1 Å². The monoisotopic (exact) mass is 291 g/mol. The fourth-order valence-electron chi connectivity index (χ4n) is 2.59. The van der Waals surface area contributed by atoms with Crippen LogP contribution in [0.5, 0.6) is 0 Å². The van der Waals surface area contributed by atoms with Gasteiger partial charge in [-0.05, 0) is 31.2 Å². The molecule has 1 aliphatic rings. The summed E-state index contributed by atoms with van der Waals surface area (Å²) in [6.07, 6.45) is 7.45.